The van der Waals surface area contributed by atoms with Crippen molar-refractivity contribution in [3.8, 4) is 11.4 Å². The first-order valence-corrected chi connectivity index (χ1v) is 5.45. The highest BCUT2D eigenvalue weighted by Gasteiger charge is 2.10. The summed E-state index contributed by atoms with van der Waals surface area (Å²) in [6.45, 7) is -0.0866. The number of aromatic nitrogens is 2. The van der Waals surface area contributed by atoms with E-state index in [0.717, 1.165) is 10.0 Å². The molecule has 0 unspecified atom stereocenters. The minimum atomic E-state index is -0.883. The third-order valence-electron chi connectivity index (χ3n) is 2.14. The first-order valence-electron chi connectivity index (χ1n) is 4.66. The molecule has 5 heteroatoms. The molecule has 1 N–H and O–H groups in total. The van der Waals surface area contributed by atoms with Gasteiger partial charge in [0.05, 0.1) is 0 Å². The van der Waals surface area contributed by atoms with E-state index in [9.17, 15) is 4.79 Å². The van der Waals surface area contributed by atoms with Gasteiger partial charge in [0.15, 0.2) is 0 Å². The highest BCUT2D eigenvalue weighted by Crippen LogP contribution is 2.26. The fraction of sp³-hybridized carbons (Fsp3) is 0.0909. The van der Waals surface area contributed by atoms with Crippen molar-refractivity contribution in [2.24, 2.45) is 0 Å². The molecule has 2 aromatic rings. The van der Waals surface area contributed by atoms with Crippen LogP contribution in [0.5, 0.6) is 0 Å². The average molecular weight is 281 g/mol. The van der Waals surface area contributed by atoms with Crippen LogP contribution >= 0.6 is 15.9 Å². The van der Waals surface area contributed by atoms with E-state index in [-0.39, 0.29) is 6.54 Å². The summed E-state index contributed by atoms with van der Waals surface area (Å²) in [7, 11) is 0. The zero-order valence-corrected chi connectivity index (χ0v) is 9.89. The SMILES string of the molecule is O=C(O)Cn1ccnc1-c1ccccc1Br. The number of rotatable bonds is 3. The lowest BCUT2D eigenvalue weighted by molar-refractivity contribution is -0.137. The summed E-state index contributed by atoms with van der Waals surface area (Å²) in [6, 6.07) is 7.58. The van der Waals surface area contributed by atoms with Gasteiger partial charge in [-0.2, -0.15) is 0 Å². The maximum atomic E-state index is 10.7. The summed E-state index contributed by atoms with van der Waals surface area (Å²) in [5.41, 5.74) is 0.883. The van der Waals surface area contributed by atoms with E-state index in [0.29, 0.717) is 5.82 Å². The fourth-order valence-corrected chi connectivity index (χ4v) is 1.93. The lowest BCUT2D eigenvalue weighted by Crippen LogP contribution is -2.09. The predicted octanol–water partition coefficient (Wildman–Crippen LogP) is 2.40. The number of benzene rings is 1. The molecule has 0 bridgehead atoms. The Kier molecular flexibility index (Phi) is 3.05. The lowest BCUT2D eigenvalue weighted by atomic mass is 10.2. The molecule has 0 fully saturated rings. The second kappa shape index (κ2) is 4.49. The standard InChI is InChI=1S/C11H9BrN2O2/c12-9-4-2-1-3-8(9)11-13-5-6-14(11)7-10(15)16/h1-6H,7H2,(H,15,16). The van der Waals surface area contributed by atoms with Crippen LogP contribution in [0.4, 0.5) is 0 Å². The largest absolute Gasteiger partial charge is 0.480 e. The predicted molar refractivity (Wildman–Crippen MR) is 63.0 cm³/mol. The number of carboxylic acids is 1. The molecule has 0 aliphatic rings. The topological polar surface area (TPSA) is 55.1 Å². The molecule has 0 radical (unpaired) electrons. The molecule has 0 saturated heterocycles. The first-order chi connectivity index (χ1) is 7.68. The van der Waals surface area contributed by atoms with Crippen molar-refractivity contribution in [2.75, 3.05) is 0 Å². The molecule has 1 aromatic carbocycles. The molecule has 0 atom stereocenters. The summed E-state index contributed by atoms with van der Waals surface area (Å²) in [5.74, 6) is -0.235. The van der Waals surface area contributed by atoms with Crippen LogP contribution in [0.25, 0.3) is 11.4 Å². The van der Waals surface area contributed by atoms with Gasteiger partial charge < -0.3 is 9.67 Å². The summed E-state index contributed by atoms with van der Waals surface area (Å²) in [5, 5.41) is 8.77. The van der Waals surface area contributed by atoms with E-state index in [1.807, 2.05) is 24.3 Å². The van der Waals surface area contributed by atoms with Gasteiger partial charge in [-0.3, -0.25) is 4.79 Å². The van der Waals surface area contributed by atoms with E-state index in [1.54, 1.807) is 17.0 Å². The Bertz CT molecular complexity index is 522. The van der Waals surface area contributed by atoms with Crippen LogP contribution in [0.1, 0.15) is 0 Å². The molecule has 16 heavy (non-hydrogen) atoms. The highest BCUT2D eigenvalue weighted by molar-refractivity contribution is 9.10. The number of halogens is 1. The number of carbonyl (C=O) groups is 1. The van der Waals surface area contributed by atoms with E-state index < -0.39 is 5.97 Å². The van der Waals surface area contributed by atoms with Crippen molar-refractivity contribution in [3.05, 3.63) is 41.1 Å². The molecule has 0 amide bonds. The molecular weight excluding hydrogens is 272 g/mol. The van der Waals surface area contributed by atoms with Crippen LogP contribution in [0.3, 0.4) is 0 Å². The molecule has 0 saturated carbocycles. The van der Waals surface area contributed by atoms with Crippen LogP contribution in [-0.4, -0.2) is 20.6 Å². The Labute approximate surface area is 101 Å². The van der Waals surface area contributed by atoms with Gasteiger partial charge in [0, 0.05) is 22.4 Å². The molecule has 2 rings (SSSR count). The van der Waals surface area contributed by atoms with Crippen molar-refractivity contribution in [1.29, 1.82) is 0 Å². The van der Waals surface area contributed by atoms with Crippen LogP contribution in [0.15, 0.2) is 41.1 Å². The number of aliphatic carboxylic acids is 1. The third-order valence-corrected chi connectivity index (χ3v) is 2.83. The van der Waals surface area contributed by atoms with Crippen molar-refractivity contribution in [3.63, 3.8) is 0 Å². The third kappa shape index (κ3) is 2.14. The summed E-state index contributed by atoms with van der Waals surface area (Å²) in [4.78, 5) is 14.8. The van der Waals surface area contributed by atoms with Gasteiger partial charge in [-0.05, 0) is 6.07 Å². The van der Waals surface area contributed by atoms with Crippen molar-refractivity contribution < 1.29 is 9.90 Å². The Morgan fingerprint density at radius 3 is 2.88 bits per heavy atom. The summed E-state index contributed by atoms with van der Waals surface area (Å²) >= 11 is 3.42. The molecule has 1 aromatic heterocycles. The second-order valence-corrected chi connectivity index (χ2v) is 4.11. The van der Waals surface area contributed by atoms with Crippen LogP contribution in [0, 0.1) is 0 Å². The zero-order valence-electron chi connectivity index (χ0n) is 8.30. The number of hydrogen-bond donors (Lipinski definition) is 1. The number of nitrogens with zero attached hydrogens (tertiary/aromatic N) is 2. The van der Waals surface area contributed by atoms with Crippen molar-refractivity contribution in [2.45, 2.75) is 6.54 Å². The second-order valence-electron chi connectivity index (χ2n) is 3.25. The van der Waals surface area contributed by atoms with Gasteiger partial charge in [-0.1, -0.05) is 34.1 Å². The quantitative estimate of drug-likeness (QED) is 0.939. The number of imidazole rings is 1. The van der Waals surface area contributed by atoms with Gasteiger partial charge in [0.1, 0.15) is 12.4 Å². The Hall–Kier alpha value is -1.62. The van der Waals surface area contributed by atoms with Crippen LogP contribution in [0.2, 0.25) is 0 Å². The van der Waals surface area contributed by atoms with Crippen molar-refractivity contribution in [1.82, 2.24) is 9.55 Å². The van der Waals surface area contributed by atoms with E-state index >= 15 is 0 Å². The highest BCUT2D eigenvalue weighted by atomic mass is 79.9. The summed E-state index contributed by atoms with van der Waals surface area (Å²) in [6.07, 6.45) is 3.25. The Morgan fingerprint density at radius 1 is 1.44 bits per heavy atom. The molecular formula is C11H9BrN2O2. The Morgan fingerprint density at radius 2 is 2.19 bits per heavy atom. The van der Waals surface area contributed by atoms with Crippen LogP contribution in [-0.2, 0) is 11.3 Å². The summed E-state index contributed by atoms with van der Waals surface area (Å²) < 4.78 is 2.50. The molecule has 0 aliphatic heterocycles. The minimum Gasteiger partial charge on any atom is -0.480 e. The monoisotopic (exact) mass is 280 g/mol. The zero-order chi connectivity index (χ0) is 11.5. The van der Waals surface area contributed by atoms with E-state index in [1.165, 1.54) is 0 Å². The Balaban J connectivity index is 2.45. The normalized spacial score (nSPS) is 10.3. The maximum Gasteiger partial charge on any atom is 0.323 e. The van der Waals surface area contributed by atoms with Crippen LogP contribution < -0.4 is 0 Å². The molecule has 0 aliphatic carbocycles. The van der Waals surface area contributed by atoms with Gasteiger partial charge in [-0.15, -0.1) is 0 Å². The average Bonchev–Trinajstić information content (AvgIpc) is 2.66. The molecule has 0 spiro atoms. The van der Waals surface area contributed by atoms with Crippen molar-refractivity contribution >= 4 is 21.9 Å². The smallest absolute Gasteiger partial charge is 0.323 e. The van der Waals surface area contributed by atoms with Gasteiger partial charge in [0.25, 0.3) is 0 Å². The van der Waals surface area contributed by atoms with Gasteiger partial charge in [-0.25, -0.2) is 4.98 Å². The van der Waals surface area contributed by atoms with Gasteiger partial charge >= 0.3 is 5.97 Å². The molecule has 82 valence electrons. The lowest BCUT2D eigenvalue weighted by Gasteiger charge is -2.06. The molecule has 4 nitrogen and oxygen atoms in total. The number of carboxylic acid groups (broad SMARTS) is 1. The van der Waals surface area contributed by atoms with E-state index in [2.05, 4.69) is 20.9 Å². The first kappa shape index (κ1) is 10.9. The van der Waals surface area contributed by atoms with Gasteiger partial charge in [0.2, 0.25) is 0 Å². The fourth-order valence-electron chi connectivity index (χ4n) is 1.47. The molecule has 1 heterocycles. The minimum absolute atomic E-state index is 0.0866. The van der Waals surface area contributed by atoms with E-state index in [4.69, 9.17) is 5.11 Å². The maximum absolute atomic E-state index is 10.7. The number of hydrogen-bond acceptors (Lipinski definition) is 2.